The fourth-order valence-electron chi connectivity index (χ4n) is 2.32. The Morgan fingerprint density at radius 2 is 2.33 bits per heavy atom. The van der Waals surface area contributed by atoms with Crippen LogP contribution in [0.15, 0.2) is 17.5 Å². The van der Waals surface area contributed by atoms with Gasteiger partial charge in [-0.05, 0) is 23.8 Å². The minimum Gasteiger partial charge on any atom is -0.355 e. The highest BCUT2D eigenvalue weighted by molar-refractivity contribution is 7.10. The maximum Gasteiger partial charge on any atom is 0.220 e. The van der Waals surface area contributed by atoms with Gasteiger partial charge >= 0.3 is 0 Å². The van der Waals surface area contributed by atoms with E-state index in [9.17, 15) is 4.79 Å². The van der Waals surface area contributed by atoms with Crippen molar-refractivity contribution >= 4 is 17.2 Å². The number of thiophene rings is 1. The molecule has 0 spiro atoms. The number of nitrogens with one attached hydrogen (secondary N) is 1. The number of hydrogen-bond acceptors (Lipinski definition) is 2. The lowest BCUT2D eigenvalue weighted by Crippen LogP contribution is -2.48. The molecule has 0 aromatic carbocycles. The van der Waals surface area contributed by atoms with E-state index in [4.69, 9.17) is 0 Å². The summed E-state index contributed by atoms with van der Waals surface area (Å²) in [6.45, 7) is 5.29. The lowest BCUT2D eigenvalue weighted by atomic mass is 9.71. The Morgan fingerprint density at radius 1 is 1.53 bits per heavy atom. The Bertz CT molecular complexity index is 333. The first-order valence-corrected chi connectivity index (χ1v) is 6.34. The van der Waals surface area contributed by atoms with Gasteiger partial charge in [-0.1, -0.05) is 19.9 Å². The van der Waals surface area contributed by atoms with Gasteiger partial charge in [-0.15, -0.1) is 11.3 Å². The van der Waals surface area contributed by atoms with Gasteiger partial charge in [-0.25, -0.2) is 0 Å². The molecule has 1 aromatic rings. The predicted molar refractivity (Wildman–Crippen MR) is 63.1 cm³/mol. The summed E-state index contributed by atoms with van der Waals surface area (Å²) in [4.78, 5) is 12.6. The van der Waals surface area contributed by atoms with Crippen LogP contribution in [-0.4, -0.2) is 12.5 Å². The number of amides is 1. The standard InChI is InChI=1S/C12H17NOS/c1-9(2)12(10-4-3-7-15-10)6-5-11(14)13-8-12/h3-4,7,9H,5-6,8H2,1-2H3,(H,13,14). The molecule has 0 aliphatic carbocycles. The van der Waals surface area contributed by atoms with Crippen LogP contribution < -0.4 is 5.32 Å². The van der Waals surface area contributed by atoms with E-state index in [1.54, 1.807) is 11.3 Å². The van der Waals surface area contributed by atoms with Crippen molar-refractivity contribution in [3.63, 3.8) is 0 Å². The van der Waals surface area contributed by atoms with Crippen LogP contribution in [0.3, 0.4) is 0 Å². The third kappa shape index (κ3) is 1.81. The molecule has 1 unspecified atom stereocenters. The van der Waals surface area contributed by atoms with Crippen LogP contribution in [-0.2, 0) is 10.2 Å². The summed E-state index contributed by atoms with van der Waals surface area (Å²) in [5, 5.41) is 5.13. The normalized spacial score (nSPS) is 26.7. The van der Waals surface area contributed by atoms with E-state index in [0.717, 1.165) is 13.0 Å². The van der Waals surface area contributed by atoms with Crippen molar-refractivity contribution in [3.8, 4) is 0 Å². The van der Waals surface area contributed by atoms with Crippen molar-refractivity contribution in [2.75, 3.05) is 6.54 Å². The van der Waals surface area contributed by atoms with Crippen molar-refractivity contribution in [2.45, 2.75) is 32.1 Å². The number of hydrogen-bond donors (Lipinski definition) is 1. The predicted octanol–water partition coefficient (Wildman–Crippen LogP) is 2.55. The van der Waals surface area contributed by atoms with Crippen molar-refractivity contribution in [3.05, 3.63) is 22.4 Å². The molecule has 2 rings (SSSR count). The zero-order valence-corrected chi connectivity index (χ0v) is 10.1. The molecule has 2 heterocycles. The SMILES string of the molecule is CC(C)C1(c2cccs2)CCC(=O)NC1. The summed E-state index contributed by atoms with van der Waals surface area (Å²) in [6.07, 6.45) is 1.65. The minimum absolute atomic E-state index is 0.169. The van der Waals surface area contributed by atoms with E-state index < -0.39 is 0 Å². The molecule has 2 nitrogen and oxygen atoms in total. The van der Waals surface area contributed by atoms with Gasteiger partial charge < -0.3 is 5.32 Å². The van der Waals surface area contributed by atoms with Crippen LogP contribution in [0.5, 0.6) is 0 Å². The van der Waals surface area contributed by atoms with E-state index in [2.05, 4.69) is 36.7 Å². The molecule has 1 saturated heterocycles. The molecule has 1 atom stereocenters. The Labute approximate surface area is 94.7 Å². The molecular weight excluding hydrogens is 206 g/mol. The monoisotopic (exact) mass is 223 g/mol. The number of carbonyl (C=O) groups excluding carboxylic acids is 1. The molecule has 82 valence electrons. The number of rotatable bonds is 2. The fourth-order valence-corrected chi connectivity index (χ4v) is 3.42. The molecule has 1 aliphatic rings. The Hall–Kier alpha value is -0.830. The van der Waals surface area contributed by atoms with E-state index >= 15 is 0 Å². The number of carbonyl (C=O) groups is 1. The highest BCUT2D eigenvalue weighted by Crippen LogP contribution is 2.40. The van der Waals surface area contributed by atoms with Gasteiger partial charge in [0.05, 0.1) is 0 Å². The average molecular weight is 223 g/mol. The first-order chi connectivity index (χ1) is 7.15. The molecule has 1 aliphatic heterocycles. The van der Waals surface area contributed by atoms with E-state index in [0.29, 0.717) is 12.3 Å². The topological polar surface area (TPSA) is 29.1 Å². The Balaban J connectivity index is 2.30. The van der Waals surface area contributed by atoms with Gasteiger partial charge in [-0.2, -0.15) is 0 Å². The third-order valence-electron chi connectivity index (χ3n) is 3.52. The maximum absolute atomic E-state index is 11.2. The molecule has 1 N–H and O–H groups in total. The maximum atomic E-state index is 11.2. The van der Waals surface area contributed by atoms with Gasteiger partial charge in [0.1, 0.15) is 0 Å². The second-order valence-corrected chi connectivity index (χ2v) is 5.51. The Morgan fingerprint density at radius 3 is 2.80 bits per heavy atom. The van der Waals surface area contributed by atoms with Crippen LogP contribution in [0.25, 0.3) is 0 Å². The van der Waals surface area contributed by atoms with Gasteiger partial charge in [0.2, 0.25) is 5.91 Å². The van der Waals surface area contributed by atoms with Crippen molar-refractivity contribution in [2.24, 2.45) is 5.92 Å². The summed E-state index contributed by atoms with van der Waals surface area (Å²) < 4.78 is 0. The van der Waals surface area contributed by atoms with Crippen LogP contribution in [0.1, 0.15) is 31.6 Å². The molecule has 1 amide bonds. The van der Waals surface area contributed by atoms with Crippen LogP contribution in [0.4, 0.5) is 0 Å². The summed E-state index contributed by atoms with van der Waals surface area (Å²) in [6, 6.07) is 4.29. The first-order valence-electron chi connectivity index (χ1n) is 5.46. The van der Waals surface area contributed by atoms with E-state index in [1.807, 2.05) is 0 Å². The van der Waals surface area contributed by atoms with Crippen LogP contribution >= 0.6 is 11.3 Å². The average Bonchev–Trinajstić information content (AvgIpc) is 2.72. The largest absolute Gasteiger partial charge is 0.355 e. The molecule has 15 heavy (non-hydrogen) atoms. The first kappa shape index (κ1) is 10.7. The molecule has 0 bridgehead atoms. The molecule has 1 aromatic heterocycles. The molecule has 0 saturated carbocycles. The quantitative estimate of drug-likeness (QED) is 0.820. The summed E-state index contributed by atoms with van der Waals surface area (Å²) >= 11 is 1.81. The summed E-state index contributed by atoms with van der Waals surface area (Å²) in [5.74, 6) is 0.764. The fraction of sp³-hybridized carbons (Fsp3) is 0.583. The zero-order chi connectivity index (χ0) is 10.9. The number of piperidine rings is 1. The van der Waals surface area contributed by atoms with Crippen LogP contribution in [0, 0.1) is 5.92 Å². The second-order valence-electron chi connectivity index (χ2n) is 4.56. The third-order valence-corrected chi connectivity index (χ3v) is 4.61. The lowest BCUT2D eigenvalue weighted by molar-refractivity contribution is -0.123. The van der Waals surface area contributed by atoms with Crippen molar-refractivity contribution in [1.82, 2.24) is 5.32 Å². The van der Waals surface area contributed by atoms with Gasteiger partial charge in [-0.3, -0.25) is 4.79 Å². The van der Waals surface area contributed by atoms with Gasteiger partial charge in [0.15, 0.2) is 0 Å². The summed E-state index contributed by atoms with van der Waals surface area (Å²) in [5.41, 5.74) is 0.169. The molecular formula is C12H17NOS. The smallest absolute Gasteiger partial charge is 0.220 e. The summed E-state index contributed by atoms with van der Waals surface area (Å²) in [7, 11) is 0. The zero-order valence-electron chi connectivity index (χ0n) is 9.25. The van der Waals surface area contributed by atoms with Crippen LogP contribution in [0.2, 0.25) is 0 Å². The van der Waals surface area contributed by atoms with Gasteiger partial charge in [0, 0.05) is 23.3 Å². The van der Waals surface area contributed by atoms with E-state index in [1.165, 1.54) is 4.88 Å². The molecule has 1 fully saturated rings. The van der Waals surface area contributed by atoms with E-state index in [-0.39, 0.29) is 11.3 Å². The highest BCUT2D eigenvalue weighted by Gasteiger charge is 2.39. The van der Waals surface area contributed by atoms with Crippen molar-refractivity contribution < 1.29 is 4.79 Å². The van der Waals surface area contributed by atoms with Crippen molar-refractivity contribution in [1.29, 1.82) is 0 Å². The minimum atomic E-state index is 0.169. The Kier molecular flexibility index (Phi) is 2.83. The molecule has 0 radical (unpaired) electrons. The van der Waals surface area contributed by atoms with Gasteiger partial charge in [0.25, 0.3) is 0 Å². The second kappa shape index (κ2) is 3.97. The molecule has 3 heteroatoms. The lowest BCUT2D eigenvalue weighted by Gasteiger charge is -2.40. The highest BCUT2D eigenvalue weighted by atomic mass is 32.1.